The summed E-state index contributed by atoms with van der Waals surface area (Å²) >= 11 is 5.89. The van der Waals surface area contributed by atoms with Crippen LogP contribution in [-0.4, -0.2) is 4.92 Å². The molecule has 0 saturated carbocycles. The van der Waals surface area contributed by atoms with Crippen LogP contribution in [0.25, 0.3) is 0 Å². The Hall–Kier alpha value is -2.11. The predicted octanol–water partition coefficient (Wildman–Crippen LogP) is 3.46. The lowest BCUT2D eigenvalue weighted by molar-refractivity contribution is -0.383. The molecular weight excluding hydrogens is 290 g/mol. The van der Waals surface area contributed by atoms with Gasteiger partial charge >= 0.3 is 5.69 Å². The number of nitro benzene ring substituents is 1. The summed E-state index contributed by atoms with van der Waals surface area (Å²) in [6, 6.07) is 11.1. The highest BCUT2D eigenvalue weighted by atomic mass is 35.5. The maximum atomic E-state index is 11.1. The Labute approximate surface area is 127 Å². The first kappa shape index (κ1) is 13.9. The molecule has 2 N–H and O–H groups in total. The van der Waals surface area contributed by atoms with Crippen molar-refractivity contribution in [2.75, 3.05) is 5.32 Å². The van der Waals surface area contributed by atoms with Gasteiger partial charge in [-0.15, -0.1) is 0 Å². The van der Waals surface area contributed by atoms with Crippen molar-refractivity contribution in [3.05, 3.63) is 68.2 Å². The minimum atomic E-state index is -0.461. The fraction of sp³-hybridized carbons (Fsp3) is 0.200. The fourth-order valence-corrected chi connectivity index (χ4v) is 2.74. The zero-order chi connectivity index (χ0) is 14.8. The van der Waals surface area contributed by atoms with Gasteiger partial charge in [0.15, 0.2) is 0 Å². The van der Waals surface area contributed by atoms with E-state index in [1.807, 2.05) is 6.07 Å². The summed E-state index contributed by atoms with van der Waals surface area (Å²) < 4.78 is 0. The van der Waals surface area contributed by atoms with Crippen LogP contribution in [0.1, 0.15) is 16.7 Å². The van der Waals surface area contributed by atoms with Crippen LogP contribution in [0.4, 0.5) is 11.4 Å². The lowest BCUT2D eigenvalue weighted by atomic mass is 10.1. The lowest BCUT2D eigenvalue weighted by Gasteiger charge is -2.09. The quantitative estimate of drug-likeness (QED) is 0.670. The fourth-order valence-electron chi connectivity index (χ4n) is 2.50. The molecule has 21 heavy (non-hydrogen) atoms. The van der Waals surface area contributed by atoms with E-state index in [0.717, 1.165) is 18.7 Å². The molecular formula is C15H14ClN3O2. The molecule has 0 amide bonds. The Balaban J connectivity index is 1.79. The number of halogens is 1. The van der Waals surface area contributed by atoms with Crippen molar-refractivity contribution in [2.24, 2.45) is 0 Å². The molecule has 0 radical (unpaired) electrons. The molecule has 2 aromatic carbocycles. The van der Waals surface area contributed by atoms with Gasteiger partial charge in [-0.1, -0.05) is 35.9 Å². The summed E-state index contributed by atoms with van der Waals surface area (Å²) in [6.07, 6.45) is 0. The van der Waals surface area contributed by atoms with Crippen LogP contribution in [0.2, 0.25) is 5.02 Å². The van der Waals surface area contributed by atoms with E-state index in [1.54, 1.807) is 12.1 Å². The van der Waals surface area contributed by atoms with Crippen LogP contribution in [0.15, 0.2) is 36.4 Å². The Morgan fingerprint density at radius 2 is 2.05 bits per heavy atom. The molecule has 3 rings (SSSR count). The molecule has 0 fully saturated rings. The van der Waals surface area contributed by atoms with Gasteiger partial charge in [0.1, 0.15) is 10.7 Å². The molecule has 1 aliphatic heterocycles. The zero-order valence-electron chi connectivity index (χ0n) is 11.2. The largest absolute Gasteiger partial charge is 0.375 e. The minimum absolute atomic E-state index is 0.0815. The first-order valence-electron chi connectivity index (χ1n) is 6.63. The number of benzene rings is 2. The van der Waals surface area contributed by atoms with E-state index in [-0.39, 0.29) is 10.7 Å². The number of rotatable bonds is 4. The number of nitrogens with zero attached hydrogens (tertiary/aromatic N) is 1. The Bertz CT molecular complexity index is 703. The third-order valence-electron chi connectivity index (χ3n) is 3.55. The van der Waals surface area contributed by atoms with Gasteiger partial charge in [-0.2, -0.15) is 0 Å². The van der Waals surface area contributed by atoms with E-state index in [2.05, 4.69) is 22.8 Å². The van der Waals surface area contributed by atoms with Crippen molar-refractivity contribution in [1.82, 2.24) is 5.32 Å². The van der Waals surface area contributed by atoms with E-state index in [9.17, 15) is 10.1 Å². The molecule has 1 aliphatic rings. The van der Waals surface area contributed by atoms with Gasteiger partial charge in [0.2, 0.25) is 0 Å². The molecule has 0 atom stereocenters. The molecule has 0 bridgehead atoms. The maximum absolute atomic E-state index is 11.1. The second kappa shape index (κ2) is 5.71. The number of nitrogens with one attached hydrogen (secondary N) is 2. The van der Waals surface area contributed by atoms with Gasteiger partial charge in [0.25, 0.3) is 0 Å². The number of nitro groups is 1. The van der Waals surface area contributed by atoms with Crippen molar-refractivity contribution in [3.8, 4) is 0 Å². The monoisotopic (exact) mass is 303 g/mol. The van der Waals surface area contributed by atoms with Gasteiger partial charge in [0.05, 0.1) is 4.92 Å². The summed E-state index contributed by atoms with van der Waals surface area (Å²) in [4.78, 5) is 10.6. The predicted molar refractivity (Wildman–Crippen MR) is 82.4 cm³/mol. The van der Waals surface area contributed by atoms with Crippen LogP contribution in [0.5, 0.6) is 0 Å². The number of hydrogen-bond acceptors (Lipinski definition) is 4. The van der Waals surface area contributed by atoms with Crippen molar-refractivity contribution in [2.45, 2.75) is 19.6 Å². The van der Waals surface area contributed by atoms with Crippen LogP contribution in [0.3, 0.4) is 0 Å². The van der Waals surface area contributed by atoms with Crippen LogP contribution >= 0.6 is 11.6 Å². The number of fused-ring (bicyclic) bond motifs is 1. The third kappa shape index (κ3) is 2.84. The minimum Gasteiger partial charge on any atom is -0.375 e. The van der Waals surface area contributed by atoms with E-state index in [0.29, 0.717) is 12.2 Å². The van der Waals surface area contributed by atoms with Crippen LogP contribution < -0.4 is 10.6 Å². The molecule has 5 nitrogen and oxygen atoms in total. The third-order valence-corrected chi connectivity index (χ3v) is 3.86. The van der Waals surface area contributed by atoms with Crippen molar-refractivity contribution in [3.63, 3.8) is 0 Å². The first-order chi connectivity index (χ1) is 10.1. The summed E-state index contributed by atoms with van der Waals surface area (Å²) in [5.41, 5.74) is 4.04. The van der Waals surface area contributed by atoms with Gasteiger partial charge in [-0.3, -0.25) is 10.1 Å². The summed E-state index contributed by atoms with van der Waals surface area (Å²) in [7, 11) is 0. The summed E-state index contributed by atoms with van der Waals surface area (Å²) in [6.45, 7) is 2.30. The Morgan fingerprint density at radius 3 is 2.86 bits per heavy atom. The van der Waals surface area contributed by atoms with E-state index in [1.165, 1.54) is 17.2 Å². The summed E-state index contributed by atoms with van der Waals surface area (Å²) in [5, 5.41) is 17.6. The smallest absolute Gasteiger partial charge is 0.310 e. The molecule has 108 valence electrons. The van der Waals surface area contributed by atoms with E-state index >= 15 is 0 Å². The van der Waals surface area contributed by atoms with E-state index < -0.39 is 4.92 Å². The van der Waals surface area contributed by atoms with E-state index in [4.69, 9.17) is 11.6 Å². The maximum Gasteiger partial charge on any atom is 0.310 e. The molecule has 6 heteroatoms. The first-order valence-corrected chi connectivity index (χ1v) is 7.01. The second-order valence-electron chi connectivity index (χ2n) is 4.95. The van der Waals surface area contributed by atoms with Gasteiger partial charge in [0, 0.05) is 19.6 Å². The molecule has 2 aromatic rings. The number of para-hydroxylation sites is 1. The highest BCUT2D eigenvalue weighted by Crippen LogP contribution is 2.32. The van der Waals surface area contributed by atoms with Crippen molar-refractivity contribution >= 4 is 23.0 Å². The van der Waals surface area contributed by atoms with Gasteiger partial charge in [-0.05, 0) is 28.8 Å². The number of hydrogen-bond donors (Lipinski definition) is 2. The van der Waals surface area contributed by atoms with Crippen LogP contribution in [-0.2, 0) is 19.6 Å². The average molecular weight is 304 g/mol. The zero-order valence-corrected chi connectivity index (χ0v) is 12.0. The normalized spacial score (nSPS) is 13.0. The van der Waals surface area contributed by atoms with Crippen molar-refractivity contribution < 1.29 is 4.92 Å². The average Bonchev–Trinajstić information content (AvgIpc) is 2.92. The molecule has 1 heterocycles. The van der Waals surface area contributed by atoms with Crippen LogP contribution in [0, 0.1) is 10.1 Å². The molecule has 0 unspecified atom stereocenters. The molecule has 0 saturated heterocycles. The van der Waals surface area contributed by atoms with Gasteiger partial charge in [-0.25, -0.2) is 0 Å². The molecule has 0 spiro atoms. The topological polar surface area (TPSA) is 67.2 Å². The Morgan fingerprint density at radius 1 is 1.24 bits per heavy atom. The highest BCUT2D eigenvalue weighted by Gasteiger charge is 2.18. The highest BCUT2D eigenvalue weighted by molar-refractivity contribution is 6.33. The van der Waals surface area contributed by atoms with Crippen molar-refractivity contribution in [1.29, 1.82) is 0 Å². The van der Waals surface area contributed by atoms with Gasteiger partial charge < -0.3 is 10.6 Å². The Kier molecular flexibility index (Phi) is 3.77. The second-order valence-corrected chi connectivity index (χ2v) is 5.36. The standard InChI is InChI=1S/C15H14ClN3O2/c16-13-2-1-3-14(15(13)19(20)21)18-7-10-4-5-11-8-17-9-12(11)6-10/h1-6,17-18H,7-9H2. The molecule has 0 aromatic heterocycles. The summed E-state index contributed by atoms with van der Waals surface area (Å²) in [5.74, 6) is 0. The number of anilines is 1. The SMILES string of the molecule is O=[N+]([O-])c1c(Cl)cccc1NCc1ccc2c(c1)CNC2. The molecule has 0 aliphatic carbocycles. The lowest BCUT2D eigenvalue weighted by Crippen LogP contribution is -2.03.